The number of aromatic nitrogens is 4. The molecule has 18 heteroatoms. The maximum atomic E-state index is 12.9. The first-order valence-corrected chi connectivity index (χ1v) is 15.3. The number of β-lactam (4-membered cyclic amide) rings is 1. The summed E-state index contributed by atoms with van der Waals surface area (Å²) < 4.78 is 18.0. The zero-order valence-corrected chi connectivity index (χ0v) is 22.7. The second kappa shape index (κ2) is 13.7. The number of fused-ring (bicyclic) bond motifs is 1. The molecule has 0 bridgehead atoms. The molecule has 0 aliphatic carbocycles. The molecule has 1 saturated heterocycles. The monoisotopic (exact) mass is 607 g/mol. The van der Waals surface area contributed by atoms with Gasteiger partial charge in [-0.25, -0.2) is 9.48 Å². The molecule has 0 radical (unpaired) electrons. The van der Waals surface area contributed by atoms with E-state index in [4.69, 9.17) is 10.3 Å². The van der Waals surface area contributed by atoms with E-state index in [1.54, 1.807) is 19.1 Å². The third-order valence-corrected chi connectivity index (χ3v) is 9.44. The van der Waals surface area contributed by atoms with Crippen LogP contribution in [0.15, 0.2) is 40.7 Å². The van der Waals surface area contributed by atoms with E-state index in [-0.39, 0.29) is 71.6 Å². The van der Waals surface area contributed by atoms with Crippen LogP contribution in [-0.4, -0.2) is 112 Å². The van der Waals surface area contributed by atoms with Crippen molar-refractivity contribution in [2.24, 2.45) is 5.73 Å². The number of aliphatic carboxylic acids is 1. The predicted octanol–water partition coefficient (Wildman–Crippen LogP) is -0.264. The van der Waals surface area contributed by atoms with Crippen LogP contribution < -0.4 is 11.1 Å². The fraction of sp³-hybridized carbons (Fsp3) is 0.429. The summed E-state index contributed by atoms with van der Waals surface area (Å²) in [5.41, 5.74) is 7.65. The number of nitrogens with zero attached hydrogens (tertiary/aromatic N) is 5. The zero-order chi connectivity index (χ0) is 27.4. The normalized spacial score (nSPS) is 20.0. The molecule has 0 saturated carbocycles. The van der Waals surface area contributed by atoms with E-state index in [9.17, 15) is 28.9 Å². The molecule has 0 spiro atoms. The van der Waals surface area contributed by atoms with Crippen LogP contribution in [0.2, 0.25) is 0 Å². The Morgan fingerprint density at radius 2 is 2.05 bits per heavy atom. The topological polar surface area (TPSA) is 203 Å². The fourth-order valence-electron chi connectivity index (χ4n) is 4.07. The molecule has 5 N–H and O–H groups in total. The number of benzene rings is 1. The SMILES string of the molecule is CCOP(=O)(O)Cn1nnnc1SCC1=C(C(=O)O)N2C(=O)[C@@H](NC(=O)Cc3ccccc3CN)[C@H]2SC1.[NaH]. The van der Waals surface area contributed by atoms with E-state index < -0.39 is 37.2 Å². The summed E-state index contributed by atoms with van der Waals surface area (Å²) in [6, 6.07) is 6.42. The Morgan fingerprint density at radius 3 is 2.72 bits per heavy atom. The van der Waals surface area contributed by atoms with Crippen molar-refractivity contribution in [1.29, 1.82) is 0 Å². The number of rotatable bonds is 12. The number of hydrogen-bond acceptors (Lipinski definition) is 11. The molecule has 39 heavy (non-hydrogen) atoms. The summed E-state index contributed by atoms with van der Waals surface area (Å²) in [7, 11) is -3.95. The molecule has 1 unspecified atom stereocenters. The van der Waals surface area contributed by atoms with Gasteiger partial charge in [-0.2, -0.15) is 0 Å². The van der Waals surface area contributed by atoms with E-state index in [1.165, 1.54) is 16.7 Å². The molecule has 3 heterocycles. The average Bonchev–Trinajstić information content (AvgIpc) is 3.31. The first-order chi connectivity index (χ1) is 18.1. The molecule has 1 aromatic heterocycles. The number of carbonyl (C=O) groups excluding carboxylic acids is 2. The first kappa shape index (κ1) is 31.8. The summed E-state index contributed by atoms with van der Waals surface area (Å²) in [5, 5.41) is 23.3. The van der Waals surface area contributed by atoms with Gasteiger partial charge in [0.15, 0.2) is 0 Å². The second-order valence-corrected chi connectivity index (χ2v) is 12.2. The maximum absolute atomic E-state index is 12.9. The summed E-state index contributed by atoms with van der Waals surface area (Å²) in [5.74, 6) is -1.71. The summed E-state index contributed by atoms with van der Waals surface area (Å²) in [6.45, 7) is 1.90. The van der Waals surface area contributed by atoms with E-state index >= 15 is 0 Å². The molecule has 2 aliphatic rings. The van der Waals surface area contributed by atoms with Crippen molar-refractivity contribution < 1.29 is 33.5 Å². The molecule has 4 rings (SSSR count). The minimum absolute atomic E-state index is 0. The van der Waals surface area contributed by atoms with Gasteiger partial charge in [0.25, 0.3) is 5.91 Å². The third-order valence-electron chi connectivity index (χ3n) is 5.77. The molecule has 2 aromatic rings. The van der Waals surface area contributed by atoms with E-state index in [0.29, 0.717) is 11.3 Å². The number of nitrogens with two attached hydrogens (primary N) is 1. The quantitative estimate of drug-likeness (QED) is 0.106. The summed E-state index contributed by atoms with van der Waals surface area (Å²) >= 11 is 2.41. The molecule has 2 amide bonds. The Labute approximate surface area is 254 Å². The molecule has 3 atom stereocenters. The van der Waals surface area contributed by atoms with Gasteiger partial charge in [-0.05, 0) is 34.1 Å². The van der Waals surface area contributed by atoms with E-state index in [1.807, 2.05) is 12.1 Å². The number of carbonyl (C=O) groups is 3. The Bertz CT molecular complexity index is 1330. The summed E-state index contributed by atoms with van der Waals surface area (Å²) in [6.07, 6.45) is -0.406. The molecular formula is C21H27N7NaO7PS2. The van der Waals surface area contributed by atoms with Crippen molar-refractivity contribution in [3.8, 4) is 0 Å². The first-order valence-electron chi connectivity index (χ1n) is 11.5. The van der Waals surface area contributed by atoms with Gasteiger partial charge in [-0.15, -0.1) is 16.9 Å². The van der Waals surface area contributed by atoms with Crippen molar-refractivity contribution in [3.63, 3.8) is 0 Å². The van der Waals surface area contributed by atoms with Crippen LogP contribution >= 0.6 is 31.1 Å². The molecule has 14 nitrogen and oxygen atoms in total. The number of tetrazole rings is 1. The van der Waals surface area contributed by atoms with Crippen molar-refractivity contribution in [2.45, 2.75) is 42.7 Å². The number of hydrogen-bond donors (Lipinski definition) is 4. The van der Waals surface area contributed by atoms with Crippen LogP contribution in [-0.2, 0) is 42.7 Å². The number of amides is 2. The van der Waals surface area contributed by atoms with Gasteiger partial charge in [0, 0.05) is 18.1 Å². The number of nitrogens with one attached hydrogen (secondary N) is 1. The standard InChI is InChI=1S/C21H26N7O7PS2.Na.H/c1-2-35-36(33,34)11-27-21(24-25-26-27)38-10-14-9-37-19-16(18(30)28(19)17(14)20(31)32)23-15(29)7-12-5-3-4-6-13(12)8-22;;/h3-6,16,19H,2,7-11,22H2,1H3,(H,23,29)(H,31,32)(H,33,34);;/t16-,19-;;/m1../s1. The predicted molar refractivity (Wildman–Crippen MR) is 145 cm³/mol. The Hall–Kier alpha value is -1.75. The second-order valence-electron chi connectivity index (χ2n) is 8.31. The third kappa shape index (κ3) is 7.31. The van der Waals surface area contributed by atoms with Gasteiger partial charge in [0.1, 0.15) is 23.4 Å². The number of carboxylic acid groups (broad SMARTS) is 1. The van der Waals surface area contributed by atoms with Gasteiger partial charge in [-0.3, -0.25) is 19.1 Å². The zero-order valence-electron chi connectivity index (χ0n) is 20.2. The fourth-order valence-corrected chi connectivity index (χ4v) is 7.54. The van der Waals surface area contributed by atoms with Gasteiger partial charge in [0.2, 0.25) is 11.1 Å². The number of carboxylic acids is 1. The van der Waals surface area contributed by atoms with Crippen LogP contribution in [0.25, 0.3) is 0 Å². The van der Waals surface area contributed by atoms with Gasteiger partial charge >= 0.3 is 43.1 Å². The molecular weight excluding hydrogens is 580 g/mol. The summed E-state index contributed by atoms with van der Waals surface area (Å²) in [4.78, 5) is 48.8. The van der Waals surface area contributed by atoms with Gasteiger partial charge < -0.3 is 25.6 Å². The van der Waals surface area contributed by atoms with Crippen molar-refractivity contribution in [3.05, 3.63) is 46.7 Å². The Morgan fingerprint density at radius 1 is 1.33 bits per heavy atom. The minimum atomic E-state index is -3.95. The van der Waals surface area contributed by atoms with Crippen LogP contribution in [0.5, 0.6) is 0 Å². The van der Waals surface area contributed by atoms with Crippen LogP contribution in [0.4, 0.5) is 0 Å². The van der Waals surface area contributed by atoms with Gasteiger partial charge in [0.05, 0.1) is 13.0 Å². The van der Waals surface area contributed by atoms with Gasteiger partial charge in [-0.1, -0.05) is 36.0 Å². The molecule has 1 fully saturated rings. The van der Waals surface area contributed by atoms with Crippen molar-refractivity contribution >= 4 is 78.5 Å². The molecule has 1 aromatic carbocycles. The van der Waals surface area contributed by atoms with Crippen molar-refractivity contribution in [1.82, 2.24) is 30.4 Å². The number of thioether (sulfide) groups is 2. The average molecular weight is 608 g/mol. The van der Waals surface area contributed by atoms with E-state index in [2.05, 4.69) is 20.8 Å². The van der Waals surface area contributed by atoms with E-state index in [0.717, 1.165) is 27.6 Å². The molecule has 206 valence electrons. The Balaban J connectivity index is 0.00000420. The van der Waals surface area contributed by atoms with Crippen LogP contribution in [0, 0.1) is 0 Å². The van der Waals surface area contributed by atoms with Crippen LogP contribution in [0.3, 0.4) is 0 Å². The molecule has 2 aliphatic heterocycles. The van der Waals surface area contributed by atoms with Crippen molar-refractivity contribution in [2.75, 3.05) is 18.1 Å². The Kier molecular flexibility index (Phi) is 11.2. The van der Waals surface area contributed by atoms with Crippen LogP contribution in [0.1, 0.15) is 18.1 Å².